The first-order chi connectivity index (χ1) is 39.0. The van der Waals surface area contributed by atoms with Crippen molar-refractivity contribution in [2.24, 2.45) is 0 Å². The zero-order chi connectivity index (χ0) is 57.1. The van der Waals surface area contributed by atoms with Crippen molar-refractivity contribution in [2.45, 2.75) is 297 Å². The number of hydrogen-bond acceptors (Lipinski definition) is 6. The third-order valence-corrected chi connectivity index (χ3v) is 13.6. The monoisotopic (exact) mass is 1090 g/mol. The Kier molecular flexibility index (Phi) is 62.3. The second-order valence-corrected chi connectivity index (χ2v) is 21.3. The second kappa shape index (κ2) is 66.1. The van der Waals surface area contributed by atoms with Gasteiger partial charge in [-0.25, -0.2) is 0 Å². The Balaban J connectivity index is 4.33. The van der Waals surface area contributed by atoms with Crippen LogP contribution in [0.25, 0.3) is 0 Å². The lowest BCUT2D eigenvalue weighted by Crippen LogP contribution is -2.30. The fraction of sp³-hybridized carbons (Fsp3) is 0.658. The molecular formula is C73H120O6. The summed E-state index contributed by atoms with van der Waals surface area (Å²) >= 11 is 0. The van der Waals surface area contributed by atoms with Gasteiger partial charge in [0, 0.05) is 19.3 Å². The summed E-state index contributed by atoms with van der Waals surface area (Å²) in [5.74, 6) is -0.928. The second-order valence-electron chi connectivity index (χ2n) is 21.3. The number of unbranched alkanes of at least 4 members (excludes halogenated alkanes) is 25. The molecular weight excluding hydrogens is 973 g/mol. The molecule has 0 aromatic carbocycles. The molecule has 448 valence electrons. The van der Waals surface area contributed by atoms with Crippen LogP contribution in [0.3, 0.4) is 0 Å². The number of carbonyl (C=O) groups is 3. The van der Waals surface area contributed by atoms with E-state index in [1.807, 2.05) is 0 Å². The first kappa shape index (κ1) is 74.5. The number of rotatable bonds is 58. The van der Waals surface area contributed by atoms with Gasteiger partial charge >= 0.3 is 17.9 Å². The van der Waals surface area contributed by atoms with Crippen molar-refractivity contribution in [3.8, 4) is 0 Å². The van der Waals surface area contributed by atoms with Crippen LogP contribution in [0.5, 0.6) is 0 Å². The predicted molar refractivity (Wildman–Crippen MR) is 343 cm³/mol. The summed E-state index contributed by atoms with van der Waals surface area (Å²) in [6, 6.07) is 0. The van der Waals surface area contributed by atoms with Crippen LogP contribution in [0.1, 0.15) is 290 Å². The third kappa shape index (κ3) is 64.3. The molecule has 0 spiro atoms. The average molecular weight is 1090 g/mol. The molecule has 0 rings (SSSR count). The maximum atomic E-state index is 12.9. The van der Waals surface area contributed by atoms with Gasteiger partial charge in [-0.2, -0.15) is 0 Å². The van der Waals surface area contributed by atoms with E-state index in [0.29, 0.717) is 19.3 Å². The highest BCUT2D eigenvalue weighted by Crippen LogP contribution is 2.14. The zero-order valence-electron chi connectivity index (χ0n) is 51.3. The Hall–Kier alpha value is -4.45. The van der Waals surface area contributed by atoms with E-state index in [4.69, 9.17) is 14.2 Å². The van der Waals surface area contributed by atoms with Crippen LogP contribution >= 0.6 is 0 Å². The predicted octanol–water partition coefficient (Wildman–Crippen LogP) is 22.5. The highest BCUT2D eigenvalue weighted by Gasteiger charge is 2.19. The molecule has 0 bridgehead atoms. The summed E-state index contributed by atoms with van der Waals surface area (Å²) in [6.07, 6.45) is 93.1. The van der Waals surface area contributed by atoms with Gasteiger partial charge in [0.25, 0.3) is 0 Å². The Bertz CT molecular complexity index is 1680. The number of hydrogen-bond donors (Lipinski definition) is 0. The first-order valence-corrected chi connectivity index (χ1v) is 32.7. The Morgan fingerprint density at radius 2 is 0.494 bits per heavy atom. The van der Waals surface area contributed by atoms with Gasteiger partial charge in [0.15, 0.2) is 6.10 Å². The molecule has 0 saturated heterocycles. The fourth-order valence-electron chi connectivity index (χ4n) is 8.72. The van der Waals surface area contributed by atoms with Gasteiger partial charge in [-0.15, -0.1) is 0 Å². The molecule has 1 unspecified atom stereocenters. The van der Waals surface area contributed by atoms with Gasteiger partial charge in [0.1, 0.15) is 13.2 Å². The lowest BCUT2D eigenvalue weighted by Gasteiger charge is -2.18. The van der Waals surface area contributed by atoms with Crippen molar-refractivity contribution in [3.05, 3.63) is 134 Å². The maximum Gasteiger partial charge on any atom is 0.306 e. The lowest BCUT2D eigenvalue weighted by atomic mass is 10.1. The van der Waals surface area contributed by atoms with E-state index in [2.05, 4.69) is 154 Å². The van der Waals surface area contributed by atoms with Crippen LogP contribution < -0.4 is 0 Å². The molecule has 6 nitrogen and oxygen atoms in total. The van der Waals surface area contributed by atoms with E-state index in [9.17, 15) is 14.4 Å². The molecule has 0 aromatic heterocycles. The normalized spacial score (nSPS) is 13.0. The minimum Gasteiger partial charge on any atom is -0.462 e. The molecule has 79 heavy (non-hydrogen) atoms. The summed E-state index contributed by atoms with van der Waals surface area (Å²) in [6.45, 7) is 6.48. The summed E-state index contributed by atoms with van der Waals surface area (Å²) in [7, 11) is 0. The third-order valence-electron chi connectivity index (χ3n) is 13.6. The van der Waals surface area contributed by atoms with Gasteiger partial charge in [-0.05, 0) is 141 Å². The molecule has 0 radical (unpaired) electrons. The van der Waals surface area contributed by atoms with Gasteiger partial charge < -0.3 is 14.2 Å². The van der Waals surface area contributed by atoms with E-state index < -0.39 is 6.10 Å². The van der Waals surface area contributed by atoms with Crippen LogP contribution in [0.4, 0.5) is 0 Å². The largest absolute Gasteiger partial charge is 0.462 e. The van der Waals surface area contributed by atoms with Crippen molar-refractivity contribution in [1.82, 2.24) is 0 Å². The van der Waals surface area contributed by atoms with Crippen molar-refractivity contribution in [1.29, 1.82) is 0 Å². The number of ether oxygens (including phenoxy) is 3. The Labute approximate surface area is 487 Å². The average Bonchev–Trinajstić information content (AvgIpc) is 3.45. The van der Waals surface area contributed by atoms with Gasteiger partial charge in [0.05, 0.1) is 0 Å². The van der Waals surface area contributed by atoms with E-state index in [1.165, 1.54) is 96.3 Å². The minimum atomic E-state index is -0.798. The van der Waals surface area contributed by atoms with Gasteiger partial charge in [-0.3, -0.25) is 14.4 Å². The lowest BCUT2D eigenvalue weighted by molar-refractivity contribution is -0.167. The first-order valence-electron chi connectivity index (χ1n) is 32.7. The van der Waals surface area contributed by atoms with E-state index >= 15 is 0 Å². The topological polar surface area (TPSA) is 78.9 Å². The van der Waals surface area contributed by atoms with Crippen LogP contribution in [-0.2, 0) is 28.6 Å². The highest BCUT2D eigenvalue weighted by atomic mass is 16.6. The maximum absolute atomic E-state index is 12.9. The van der Waals surface area contributed by atoms with Crippen LogP contribution in [-0.4, -0.2) is 37.2 Å². The van der Waals surface area contributed by atoms with E-state index in [-0.39, 0.29) is 31.1 Å². The highest BCUT2D eigenvalue weighted by molar-refractivity contribution is 5.71. The molecule has 0 aliphatic rings. The fourth-order valence-corrected chi connectivity index (χ4v) is 8.72. The molecule has 0 fully saturated rings. The molecule has 0 saturated carbocycles. The number of allylic oxidation sites excluding steroid dienone is 22. The quantitative estimate of drug-likeness (QED) is 0.0261. The van der Waals surface area contributed by atoms with Crippen molar-refractivity contribution in [2.75, 3.05) is 13.2 Å². The molecule has 0 aliphatic carbocycles. The van der Waals surface area contributed by atoms with Crippen LogP contribution in [0, 0.1) is 0 Å². The number of esters is 3. The molecule has 0 aromatic rings. The SMILES string of the molecule is CC/C=C\C/C=C\C/C=C\C/C=C\C/C=C\C/C=C\C/C=C\C/C=C\C/C=C\CCCCCCCC(=O)OCC(COC(=O)CCCCCCC/C=C\CCCCCCC)OC(=O)CCCCCCC/C=C\CCCCCCC. The van der Waals surface area contributed by atoms with E-state index in [1.54, 1.807) is 0 Å². The molecule has 0 heterocycles. The van der Waals surface area contributed by atoms with E-state index in [0.717, 1.165) is 154 Å². The summed E-state index contributed by atoms with van der Waals surface area (Å²) in [4.78, 5) is 38.3. The zero-order valence-corrected chi connectivity index (χ0v) is 51.3. The molecule has 0 aliphatic heterocycles. The molecule has 0 amide bonds. The van der Waals surface area contributed by atoms with Crippen molar-refractivity contribution < 1.29 is 28.6 Å². The van der Waals surface area contributed by atoms with Gasteiger partial charge in [0.2, 0.25) is 0 Å². The Morgan fingerprint density at radius 1 is 0.266 bits per heavy atom. The van der Waals surface area contributed by atoms with Crippen LogP contribution in [0.15, 0.2) is 134 Å². The molecule has 0 N–H and O–H groups in total. The Morgan fingerprint density at radius 3 is 0.785 bits per heavy atom. The smallest absolute Gasteiger partial charge is 0.306 e. The van der Waals surface area contributed by atoms with Crippen LogP contribution in [0.2, 0.25) is 0 Å². The van der Waals surface area contributed by atoms with Crippen molar-refractivity contribution in [3.63, 3.8) is 0 Å². The summed E-state index contributed by atoms with van der Waals surface area (Å²) < 4.78 is 16.9. The molecule has 6 heteroatoms. The molecule has 1 atom stereocenters. The van der Waals surface area contributed by atoms with Crippen molar-refractivity contribution >= 4 is 17.9 Å². The summed E-state index contributed by atoms with van der Waals surface area (Å²) in [5.41, 5.74) is 0. The number of carbonyl (C=O) groups excluding carboxylic acids is 3. The van der Waals surface area contributed by atoms with Gasteiger partial charge in [-0.1, -0.05) is 264 Å². The standard InChI is InChI=1S/C73H120O6/c1-4-7-10-13-16-19-22-25-28-29-30-31-32-33-34-35-36-37-38-39-40-41-42-43-44-45-46-49-51-54-57-60-63-66-72(75)78-69-70(79-73(76)67-64-61-58-55-52-48-27-24-21-18-15-12-9-6-3)68-77-71(74)65-62-59-56-53-50-47-26-23-20-17-14-11-8-5-2/h7,10,16,19,23-28,30-31,33-34,36-37,39-40,42-43,45-46,70H,4-6,8-9,11-15,17-18,20-22,29,32,35,38,41,44,47-69H2,1-3H3/b10-7-,19-16-,26-23-,27-24-,28-25-,31-30-,34-33-,37-36-,40-39-,43-42-,46-45-. The summed E-state index contributed by atoms with van der Waals surface area (Å²) in [5, 5.41) is 0. The minimum absolute atomic E-state index is 0.0938.